The van der Waals surface area contributed by atoms with Gasteiger partial charge in [0.05, 0.1) is 20.9 Å². The second-order valence-electron chi connectivity index (χ2n) is 5.37. The second kappa shape index (κ2) is 6.21. The molecule has 116 valence electrons. The Hall–Kier alpha value is -1.67. The van der Waals surface area contributed by atoms with Crippen molar-refractivity contribution >= 4 is 44.9 Å². The third kappa shape index (κ3) is 3.56. The van der Waals surface area contributed by atoms with Crippen LogP contribution < -0.4 is 5.32 Å². The van der Waals surface area contributed by atoms with Crippen LogP contribution in [0.2, 0.25) is 0 Å². The first kappa shape index (κ1) is 15.2. The standard InChI is InChI=1S/C14H15N3O3S2/c1-8(9-2-3-9)15-13(18)7-21-14-16-11-5-4-10(17(19)20)6-12(11)22-14/h4-6,8-9H,2-3,7H2,1H3,(H,15,18)/t8-/m1/s1. The van der Waals surface area contributed by atoms with Crippen molar-refractivity contribution in [2.24, 2.45) is 5.92 Å². The summed E-state index contributed by atoms with van der Waals surface area (Å²) < 4.78 is 1.52. The van der Waals surface area contributed by atoms with Crippen molar-refractivity contribution in [3.8, 4) is 0 Å². The summed E-state index contributed by atoms with van der Waals surface area (Å²) in [6.07, 6.45) is 2.40. The predicted octanol–water partition coefficient (Wildman–Crippen LogP) is 3.21. The monoisotopic (exact) mass is 337 g/mol. The smallest absolute Gasteiger partial charge is 0.270 e. The molecule has 8 heteroatoms. The first-order valence-corrected chi connectivity index (χ1v) is 8.80. The third-order valence-corrected chi connectivity index (χ3v) is 5.77. The van der Waals surface area contributed by atoms with Crippen LogP contribution in [0.15, 0.2) is 22.5 Å². The topological polar surface area (TPSA) is 85.1 Å². The molecule has 1 heterocycles. The Balaban J connectivity index is 1.61. The molecule has 22 heavy (non-hydrogen) atoms. The first-order chi connectivity index (χ1) is 10.5. The van der Waals surface area contributed by atoms with Crippen LogP contribution in [0.5, 0.6) is 0 Å². The van der Waals surface area contributed by atoms with Gasteiger partial charge in [-0.1, -0.05) is 11.8 Å². The quantitative estimate of drug-likeness (QED) is 0.497. The van der Waals surface area contributed by atoms with E-state index in [9.17, 15) is 14.9 Å². The number of carbonyl (C=O) groups excluding carboxylic acids is 1. The van der Waals surface area contributed by atoms with Gasteiger partial charge in [-0.3, -0.25) is 14.9 Å². The van der Waals surface area contributed by atoms with Gasteiger partial charge < -0.3 is 5.32 Å². The van der Waals surface area contributed by atoms with Crippen molar-refractivity contribution in [2.45, 2.75) is 30.1 Å². The van der Waals surface area contributed by atoms with Gasteiger partial charge in [-0.15, -0.1) is 11.3 Å². The highest BCUT2D eigenvalue weighted by Crippen LogP contribution is 2.33. The number of fused-ring (bicyclic) bond motifs is 1. The summed E-state index contributed by atoms with van der Waals surface area (Å²) in [5, 5.41) is 13.8. The highest BCUT2D eigenvalue weighted by molar-refractivity contribution is 8.01. The number of benzene rings is 1. The van der Waals surface area contributed by atoms with Crippen LogP contribution in [-0.4, -0.2) is 27.6 Å². The maximum Gasteiger partial charge on any atom is 0.270 e. The number of aromatic nitrogens is 1. The van der Waals surface area contributed by atoms with Gasteiger partial charge in [-0.2, -0.15) is 0 Å². The lowest BCUT2D eigenvalue weighted by molar-refractivity contribution is -0.384. The molecule has 0 unspecified atom stereocenters. The molecule has 0 spiro atoms. The normalized spacial score (nSPS) is 15.7. The van der Waals surface area contributed by atoms with Gasteiger partial charge in [-0.05, 0) is 31.7 Å². The molecule has 0 saturated heterocycles. The van der Waals surface area contributed by atoms with Crippen molar-refractivity contribution in [1.82, 2.24) is 10.3 Å². The fourth-order valence-electron chi connectivity index (χ4n) is 2.20. The van der Waals surface area contributed by atoms with Crippen molar-refractivity contribution in [2.75, 3.05) is 5.75 Å². The maximum atomic E-state index is 11.9. The molecular formula is C14H15N3O3S2. The van der Waals surface area contributed by atoms with Crippen LogP contribution in [0, 0.1) is 16.0 Å². The molecule has 0 radical (unpaired) electrons. The number of nitrogens with one attached hydrogen (secondary N) is 1. The molecule has 0 aliphatic heterocycles. The lowest BCUT2D eigenvalue weighted by Gasteiger charge is -2.11. The molecule has 1 atom stereocenters. The van der Waals surface area contributed by atoms with E-state index in [2.05, 4.69) is 10.3 Å². The van der Waals surface area contributed by atoms with E-state index in [0.717, 1.165) is 14.6 Å². The molecule has 1 fully saturated rings. The first-order valence-electron chi connectivity index (χ1n) is 7.00. The van der Waals surface area contributed by atoms with E-state index in [0.29, 0.717) is 11.7 Å². The summed E-state index contributed by atoms with van der Waals surface area (Å²) in [5.41, 5.74) is 0.786. The number of nitro benzene ring substituents is 1. The van der Waals surface area contributed by atoms with Crippen LogP contribution in [0.4, 0.5) is 5.69 Å². The zero-order valence-corrected chi connectivity index (χ0v) is 13.6. The number of nitro groups is 1. The molecule has 3 rings (SSSR count). The van der Waals surface area contributed by atoms with Crippen LogP contribution in [0.25, 0.3) is 10.2 Å². The Morgan fingerprint density at radius 3 is 3.05 bits per heavy atom. The van der Waals surface area contributed by atoms with Crippen molar-refractivity contribution in [3.63, 3.8) is 0 Å². The predicted molar refractivity (Wildman–Crippen MR) is 87.3 cm³/mol. The van der Waals surface area contributed by atoms with Gasteiger partial charge in [0.2, 0.25) is 5.91 Å². The molecular weight excluding hydrogens is 322 g/mol. The fourth-order valence-corrected chi connectivity index (χ4v) is 4.12. The molecule has 1 aliphatic carbocycles. The van der Waals surface area contributed by atoms with Crippen LogP contribution >= 0.6 is 23.1 Å². The summed E-state index contributed by atoms with van der Waals surface area (Å²) in [4.78, 5) is 26.6. The number of amides is 1. The zero-order valence-electron chi connectivity index (χ0n) is 11.9. The average molecular weight is 337 g/mol. The van der Waals surface area contributed by atoms with Gasteiger partial charge in [0.25, 0.3) is 5.69 Å². The number of nitrogens with zero attached hydrogens (tertiary/aromatic N) is 2. The summed E-state index contributed by atoms with van der Waals surface area (Å²) in [7, 11) is 0. The molecule has 1 saturated carbocycles. The van der Waals surface area contributed by atoms with E-state index >= 15 is 0 Å². The van der Waals surface area contributed by atoms with Gasteiger partial charge >= 0.3 is 0 Å². The van der Waals surface area contributed by atoms with E-state index < -0.39 is 4.92 Å². The number of non-ortho nitro benzene ring substituents is 1. The third-order valence-electron chi connectivity index (χ3n) is 3.61. The molecule has 1 amide bonds. The lowest BCUT2D eigenvalue weighted by Crippen LogP contribution is -2.35. The Labute approximate surface area is 135 Å². The summed E-state index contributed by atoms with van der Waals surface area (Å²) in [6.45, 7) is 2.04. The summed E-state index contributed by atoms with van der Waals surface area (Å²) >= 11 is 2.74. The number of carbonyl (C=O) groups is 1. The van der Waals surface area contributed by atoms with Crippen molar-refractivity contribution < 1.29 is 9.72 Å². The Morgan fingerprint density at radius 1 is 1.59 bits per heavy atom. The molecule has 0 bridgehead atoms. The van der Waals surface area contributed by atoms with E-state index in [-0.39, 0.29) is 17.6 Å². The number of hydrogen-bond donors (Lipinski definition) is 1. The zero-order chi connectivity index (χ0) is 15.7. The van der Waals surface area contributed by atoms with E-state index in [1.165, 1.54) is 48.1 Å². The molecule has 1 N–H and O–H groups in total. The van der Waals surface area contributed by atoms with Crippen molar-refractivity contribution in [3.05, 3.63) is 28.3 Å². The van der Waals surface area contributed by atoms with Gasteiger partial charge in [0, 0.05) is 18.2 Å². The number of thioether (sulfide) groups is 1. The Kier molecular flexibility index (Phi) is 4.30. The fraction of sp³-hybridized carbons (Fsp3) is 0.429. The molecule has 1 aromatic carbocycles. The SMILES string of the molecule is C[C@@H](NC(=O)CSc1nc2ccc([N+](=O)[O-])cc2s1)C1CC1. The Morgan fingerprint density at radius 2 is 2.36 bits per heavy atom. The maximum absolute atomic E-state index is 11.9. The minimum absolute atomic E-state index is 0.00892. The van der Waals surface area contributed by atoms with E-state index in [4.69, 9.17) is 0 Å². The average Bonchev–Trinajstić information content (AvgIpc) is 3.24. The van der Waals surface area contributed by atoms with Crippen LogP contribution in [-0.2, 0) is 4.79 Å². The van der Waals surface area contributed by atoms with E-state index in [1.807, 2.05) is 6.92 Å². The van der Waals surface area contributed by atoms with E-state index in [1.54, 1.807) is 6.07 Å². The van der Waals surface area contributed by atoms with Crippen LogP contribution in [0.3, 0.4) is 0 Å². The molecule has 2 aromatic rings. The van der Waals surface area contributed by atoms with Gasteiger partial charge in [0.1, 0.15) is 0 Å². The largest absolute Gasteiger partial charge is 0.353 e. The Bertz CT molecular complexity index is 727. The highest BCUT2D eigenvalue weighted by Gasteiger charge is 2.28. The molecule has 6 nitrogen and oxygen atoms in total. The molecule has 1 aromatic heterocycles. The summed E-state index contributed by atoms with van der Waals surface area (Å²) in [5.74, 6) is 0.963. The van der Waals surface area contributed by atoms with Crippen molar-refractivity contribution in [1.29, 1.82) is 0 Å². The number of rotatable bonds is 6. The summed E-state index contributed by atoms with van der Waals surface area (Å²) in [6, 6.07) is 4.85. The lowest BCUT2D eigenvalue weighted by atomic mass is 10.2. The van der Waals surface area contributed by atoms with Crippen LogP contribution in [0.1, 0.15) is 19.8 Å². The van der Waals surface area contributed by atoms with Gasteiger partial charge in [-0.25, -0.2) is 4.98 Å². The highest BCUT2D eigenvalue weighted by atomic mass is 32.2. The minimum Gasteiger partial charge on any atom is -0.353 e. The van der Waals surface area contributed by atoms with Gasteiger partial charge in [0.15, 0.2) is 4.34 Å². The number of hydrogen-bond acceptors (Lipinski definition) is 6. The molecule has 1 aliphatic rings. The second-order valence-corrected chi connectivity index (χ2v) is 7.62. The minimum atomic E-state index is -0.418. The number of thiazole rings is 1.